The SMILES string of the molecule is CCN(CC)S(=O)(=O)c1ccc(C=CC(=O)OCC(=O)c2ccc3c(c2)NC(=O)CO3)cc1. The van der Waals surface area contributed by atoms with Crippen LogP contribution in [-0.2, 0) is 24.3 Å². The Hall–Kier alpha value is -3.50. The lowest BCUT2D eigenvalue weighted by atomic mass is 10.1. The lowest BCUT2D eigenvalue weighted by molar-refractivity contribution is -0.136. The molecule has 2 aromatic rings. The monoisotopic (exact) mass is 472 g/mol. The van der Waals surface area contributed by atoms with Crippen LogP contribution in [0.25, 0.3) is 6.08 Å². The van der Waals surface area contributed by atoms with E-state index in [4.69, 9.17) is 9.47 Å². The number of carbonyl (C=O) groups excluding carboxylic acids is 3. The van der Waals surface area contributed by atoms with E-state index >= 15 is 0 Å². The second-order valence-electron chi connectivity index (χ2n) is 7.07. The number of nitrogens with one attached hydrogen (secondary N) is 1. The van der Waals surface area contributed by atoms with Gasteiger partial charge in [-0.05, 0) is 42.0 Å². The predicted molar refractivity (Wildman–Crippen MR) is 121 cm³/mol. The lowest BCUT2D eigenvalue weighted by Gasteiger charge is -2.18. The highest BCUT2D eigenvalue weighted by Gasteiger charge is 2.21. The van der Waals surface area contributed by atoms with Crippen LogP contribution in [0.15, 0.2) is 53.4 Å². The molecule has 3 rings (SSSR count). The fraction of sp³-hybridized carbons (Fsp3) is 0.261. The number of esters is 1. The second kappa shape index (κ2) is 10.4. The summed E-state index contributed by atoms with van der Waals surface area (Å²) in [6.45, 7) is 3.73. The molecule has 1 aliphatic heterocycles. The van der Waals surface area contributed by atoms with Crippen LogP contribution >= 0.6 is 0 Å². The van der Waals surface area contributed by atoms with E-state index in [-0.39, 0.29) is 23.0 Å². The minimum absolute atomic E-state index is 0.0846. The van der Waals surface area contributed by atoms with Crippen molar-refractivity contribution in [3.63, 3.8) is 0 Å². The van der Waals surface area contributed by atoms with Gasteiger partial charge in [-0.15, -0.1) is 0 Å². The number of carbonyl (C=O) groups is 3. The molecule has 0 bridgehead atoms. The molecular weight excluding hydrogens is 448 g/mol. The van der Waals surface area contributed by atoms with Gasteiger partial charge in [0.1, 0.15) is 5.75 Å². The highest BCUT2D eigenvalue weighted by Crippen LogP contribution is 2.28. The third-order valence-electron chi connectivity index (χ3n) is 4.92. The van der Waals surface area contributed by atoms with Gasteiger partial charge in [0.25, 0.3) is 5.91 Å². The highest BCUT2D eigenvalue weighted by atomic mass is 32.2. The minimum atomic E-state index is -3.55. The van der Waals surface area contributed by atoms with Crippen LogP contribution in [0.3, 0.4) is 0 Å². The average Bonchev–Trinajstić information content (AvgIpc) is 2.81. The van der Waals surface area contributed by atoms with E-state index in [1.807, 2.05) is 0 Å². The maximum atomic E-state index is 12.5. The Morgan fingerprint density at radius 2 is 1.82 bits per heavy atom. The van der Waals surface area contributed by atoms with Crippen molar-refractivity contribution in [1.29, 1.82) is 0 Å². The summed E-state index contributed by atoms with van der Waals surface area (Å²) in [7, 11) is -3.55. The first-order chi connectivity index (χ1) is 15.7. The van der Waals surface area contributed by atoms with E-state index < -0.39 is 28.4 Å². The third-order valence-corrected chi connectivity index (χ3v) is 6.98. The molecule has 0 atom stereocenters. The maximum Gasteiger partial charge on any atom is 0.331 e. The van der Waals surface area contributed by atoms with Crippen molar-refractivity contribution in [3.05, 3.63) is 59.7 Å². The molecule has 1 N–H and O–H groups in total. The van der Waals surface area contributed by atoms with Crippen molar-refractivity contribution in [2.24, 2.45) is 0 Å². The first-order valence-corrected chi connectivity index (χ1v) is 11.7. The zero-order valence-electron chi connectivity index (χ0n) is 18.2. The smallest absolute Gasteiger partial charge is 0.331 e. The molecule has 0 unspecified atom stereocenters. The van der Waals surface area contributed by atoms with Crippen LogP contribution in [0.1, 0.15) is 29.8 Å². The number of rotatable bonds is 9. The molecule has 1 amide bonds. The van der Waals surface area contributed by atoms with Crippen molar-refractivity contribution in [2.45, 2.75) is 18.7 Å². The number of sulfonamides is 1. The van der Waals surface area contributed by atoms with Gasteiger partial charge in [0.15, 0.2) is 19.0 Å². The second-order valence-corrected chi connectivity index (χ2v) is 9.01. The summed E-state index contributed by atoms with van der Waals surface area (Å²) >= 11 is 0. The Kier molecular flexibility index (Phi) is 7.62. The normalized spacial score (nSPS) is 13.4. The summed E-state index contributed by atoms with van der Waals surface area (Å²) in [5.41, 5.74) is 1.25. The number of ketones is 1. The van der Waals surface area contributed by atoms with Gasteiger partial charge in [-0.25, -0.2) is 13.2 Å². The predicted octanol–water partition coefficient (Wildman–Crippen LogP) is 2.49. The Bertz CT molecular complexity index is 1180. The molecule has 0 aromatic heterocycles. The molecule has 0 spiro atoms. The number of Topliss-reactive ketones (excluding diaryl/α,β-unsaturated/α-hetero) is 1. The zero-order valence-corrected chi connectivity index (χ0v) is 19.1. The van der Waals surface area contributed by atoms with E-state index in [1.54, 1.807) is 32.0 Å². The van der Waals surface area contributed by atoms with Crippen molar-refractivity contribution in [2.75, 3.05) is 31.6 Å². The largest absolute Gasteiger partial charge is 0.482 e. The molecule has 1 aliphatic rings. The van der Waals surface area contributed by atoms with Gasteiger partial charge >= 0.3 is 5.97 Å². The Morgan fingerprint density at radius 1 is 1.12 bits per heavy atom. The van der Waals surface area contributed by atoms with E-state index in [0.717, 1.165) is 6.08 Å². The maximum absolute atomic E-state index is 12.5. The lowest BCUT2D eigenvalue weighted by Crippen LogP contribution is -2.30. The summed E-state index contributed by atoms with van der Waals surface area (Å²) in [6, 6.07) is 10.7. The van der Waals surface area contributed by atoms with Gasteiger partial charge in [0.05, 0.1) is 10.6 Å². The van der Waals surface area contributed by atoms with Crippen LogP contribution in [0.2, 0.25) is 0 Å². The summed E-state index contributed by atoms with van der Waals surface area (Å²) < 4.78 is 36.6. The molecule has 2 aromatic carbocycles. The first-order valence-electron chi connectivity index (χ1n) is 10.3. The molecular formula is C23H24N2O7S. The number of fused-ring (bicyclic) bond motifs is 1. The van der Waals surface area contributed by atoms with Gasteiger partial charge < -0.3 is 14.8 Å². The molecule has 174 valence electrons. The fourth-order valence-corrected chi connectivity index (χ4v) is 4.61. The van der Waals surface area contributed by atoms with Crippen LogP contribution < -0.4 is 10.1 Å². The Morgan fingerprint density at radius 3 is 2.48 bits per heavy atom. The molecule has 0 fully saturated rings. The molecule has 33 heavy (non-hydrogen) atoms. The Labute approximate surface area is 192 Å². The third kappa shape index (κ3) is 5.85. The highest BCUT2D eigenvalue weighted by molar-refractivity contribution is 7.89. The van der Waals surface area contributed by atoms with Gasteiger partial charge in [-0.3, -0.25) is 9.59 Å². The van der Waals surface area contributed by atoms with Crippen molar-refractivity contribution >= 4 is 39.4 Å². The van der Waals surface area contributed by atoms with Crippen LogP contribution in [0.4, 0.5) is 5.69 Å². The van der Waals surface area contributed by atoms with Gasteiger partial charge in [-0.1, -0.05) is 26.0 Å². The molecule has 0 radical (unpaired) electrons. The summed E-state index contributed by atoms with van der Waals surface area (Å²) in [6.07, 6.45) is 2.62. The molecule has 1 heterocycles. The summed E-state index contributed by atoms with van der Waals surface area (Å²) in [4.78, 5) is 35.9. The minimum Gasteiger partial charge on any atom is -0.482 e. The van der Waals surface area contributed by atoms with Crippen LogP contribution in [-0.4, -0.2) is 56.7 Å². The molecule has 0 aliphatic carbocycles. The number of anilines is 1. The molecule has 9 nitrogen and oxygen atoms in total. The van der Waals surface area contributed by atoms with Crippen molar-refractivity contribution in [3.8, 4) is 5.75 Å². The van der Waals surface area contributed by atoms with Crippen LogP contribution in [0.5, 0.6) is 5.75 Å². The van der Waals surface area contributed by atoms with E-state index in [2.05, 4.69) is 5.32 Å². The summed E-state index contributed by atoms with van der Waals surface area (Å²) in [5, 5.41) is 2.61. The standard InChI is InChI=1S/C23H24N2O7S/c1-3-25(4-2)33(29,30)18-9-5-16(6-10-18)7-12-23(28)32-14-20(26)17-8-11-21-19(13-17)24-22(27)15-31-21/h5-13H,3-4,14-15H2,1-2H3,(H,24,27). The first kappa shape index (κ1) is 24.1. The van der Waals surface area contributed by atoms with Gasteiger partial charge in [0.2, 0.25) is 10.0 Å². The average molecular weight is 473 g/mol. The number of benzene rings is 2. The summed E-state index contributed by atoms with van der Waals surface area (Å²) in [5.74, 6) is -1.02. The number of hydrogen-bond acceptors (Lipinski definition) is 7. The van der Waals surface area contributed by atoms with Crippen molar-refractivity contribution in [1.82, 2.24) is 4.31 Å². The van der Waals surface area contributed by atoms with E-state index in [0.29, 0.717) is 30.1 Å². The number of amides is 1. The van der Waals surface area contributed by atoms with Gasteiger partial charge in [-0.2, -0.15) is 4.31 Å². The molecule has 0 saturated carbocycles. The quantitative estimate of drug-likeness (QED) is 0.338. The number of hydrogen-bond donors (Lipinski definition) is 1. The molecule has 0 saturated heterocycles. The van der Waals surface area contributed by atoms with E-state index in [9.17, 15) is 22.8 Å². The molecule has 10 heteroatoms. The fourth-order valence-electron chi connectivity index (χ4n) is 3.15. The number of ether oxygens (including phenoxy) is 2. The van der Waals surface area contributed by atoms with Gasteiger partial charge in [0, 0.05) is 24.7 Å². The van der Waals surface area contributed by atoms with Crippen molar-refractivity contribution < 1.29 is 32.3 Å². The van der Waals surface area contributed by atoms with Crippen LogP contribution in [0, 0.1) is 0 Å². The zero-order chi connectivity index (χ0) is 24.0. The Balaban J connectivity index is 1.56. The topological polar surface area (TPSA) is 119 Å². The van der Waals surface area contributed by atoms with E-state index in [1.165, 1.54) is 34.6 Å². The number of nitrogens with zero attached hydrogens (tertiary/aromatic N) is 1.